The lowest BCUT2D eigenvalue weighted by Gasteiger charge is -1.82. The number of aromatic nitrogens is 2. The Hall–Kier alpha value is -0.550. The van der Waals surface area contributed by atoms with E-state index in [1.165, 1.54) is 0 Å². The van der Waals surface area contributed by atoms with E-state index in [-0.39, 0.29) is 18.3 Å². The molecule has 0 fully saturated rings. The van der Waals surface area contributed by atoms with Gasteiger partial charge in [0.1, 0.15) is 4.60 Å². The summed E-state index contributed by atoms with van der Waals surface area (Å²) >= 11 is 3.09. The molecule has 0 atom stereocenters. The highest BCUT2D eigenvalue weighted by atomic mass is 79.9. The number of carbonyl (C=O) groups excluding carboxylic acids is 1. The zero-order valence-electron chi connectivity index (χ0n) is 4.70. The second kappa shape index (κ2) is 4.29. The second-order valence-electron chi connectivity index (χ2n) is 1.27. The van der Waals surface area contributed by atoms with Crippen molar-refractivity contribution in [2.24, 2.45) is 0 Å². The zero-order valence-corrected chi connectivity index (χ0v) is 7.11. The molecule has 0 spiro atoms. The van der Waals surface area contributed by atoms with Gasteiger partial charge in [-0.1, -0.05) is 0 Å². The van der Waals surface area contributed by atoms with Crippen LogP contribution in [0.3, 0.4) is 0 Å². The summed E-state index contributed by atoms with van der Waals surface area (Å²) in [6.45, 7) is 0.322. The van der Waals surface area contributed by atoms with Gasteiger partial charge in [-0.25, -0.2) is 0 Å². The maximum absolute atomic E-state index is 9.69. The first-order chi connectivity index (χ1) is 4.33. The number of H-pyrrole nitrogens is 1. The highest BCUT2D eigenvalue weighted by Gasteiger charge is 1.95. The van der Waals surface area contributed by atoms with Crippen LogP contribution < -0.4 is 4.74 Å². The highest BCUT2D eigenvalue weighted by Crippen LogP contribution is 2.11. The molecule has 1 aromatic rings. The van der Waals surface area contributed by atoms with Crippen molar-refractivity contribution in [3.8, 4) is 5.88 Å². The van der Waals surface area contributed by atoms with Crippen molar-refractivity contribution in [1.82, 2.24) is 10.2 Å². The lowest BCUT2D eigenvalue weighted by atomic mass is 10.7. The van der Waals surface area contributed by atoms with Crippen LogP contribution >= 0.6 is 28.3 Å². The number of nitrogens with zero attached hydrogens (tertiary/aromatic N) is 1. The molecule has 1 rings (SSSR count). The Morgan fingerprint density at radius 1 is 1.80 bits per heavy atom. The van der Waals surface area contributed by atoms with E-state index in [0.717, 1.165) is 0 Å². The first kappa shape index (κ1) is 9.45. The Bertz CT molecular complexity index is 215. The summed E-state index contributed by atoms with van der Waals surface area (Å²) in [6.07, 6.45) is 0. The molecule has 0 saturated carbocycles. The van der Waals surface area contributed by atoms with Crippen LogP contribution in [0.4, 0.5) is 0 Å². The molecule has 0 aliphatic heterocycles. The Morgan fingerprint density at radius 2 is 2.50 bits per heavy atom. The van der Waals surface area contributed by atoms with Crippen LogP contribution in [0.5, 0.6) is 5.88 Å². The first-order valence-corrected chi connectivity index (χ1v) is 2.93. The third kappa shape index (κ3) is 2.36. The van der Waals surface area contributed by atoms with Gasteiger partial charge >= 0.3 is 0 Å². The Kier molecular flexibility index (Phi) is 4.06. The van der Waals surface area contributed by atoms with E-state index >= 15 is 0 Å². The van der Waals surface area contributed by atoms with Crippen LogP contribution in [-0.4, -0.2) is 16.7 Å². The molecule has 56 valence electrons. The molecular formula is C4H4BrClN2O2. The van der Waals surface area contributed by atoms with E-state index in [0.29, 0.717) is 11.1 Å². The molecule has 6 heteroatoms. The van der Waals surface area contributed by atoms with E-state index < -0.39 is 0 Å². The van der Waals surface area contributed by atoms with E-state index in [9.17, 15) is 4.79 Å². The molecule has 0 aromatic carbocycles. The van der Waals surface area contributed by atoms with Gasteiger partial charge in [0.05, 0.1) is 0 Å². The maximum Gasteiger partial charge on any atom is 0.299 e. The molecular weight excluding hydrogens is 223 g/mol. The number of hydrogen-bond donors (Lipinski definition) is 1. The first-order valence-electron chi connectivity index (χ1n) is 2.14. The lowest BCUT2D eigenvalue weighted by Crippen LogP contribution is -1.87. The minimum atomic E-state index is 0. The minimum absolute atomic E-state index is 0. The standard InChI is InChI=1S/C4H3BrN2O2.ClH/c5-3-1-4(7-6-3)9-2-8;/h1-2H,(H,6,7);1H. The molecule has 0 amide bonds. The predicted octanol–water partition coefficient (Wildman–Crippen LogP) is 1.13. The number of halogens is 2. The van der Waals surface area contributed by atoms with Crippen molar-refractivity contribution in [2.75, 3.05) is 0 Å². The zero-order chi connectivity index (χ0) is 6.69. The van der Waals surface area contributed by atoms with Gasteiger partial charge in [0, 0.05) is 6.07 Å². The molecule has 0 unspecified atom stereocenters. The third-order valence-corrected chi connectivity index (χ3v) is 1.10. The summed E-state index contributed by atoms with van der Waals surface area (Å²) < 4.78 is 5.05. The summed E-state index contributed by atoms with van der Waals surface area (Å²) in [5.74, 6) is 0.261. The molecule has 10 heavy (non-hydrogen) atoms. The molecule has 1 aromatic heterocycles. The Balaban J connectivity index is 0.000000810. The number of rotatable bonds is 2. The SMILES string of the molecule is Cl.O=COc1cc(Br)[nH]n1. The topological polar surface area (TPSA) is 55.0 Å². The Labute approximate surface area is 71.5 Å². The van der Waals surface area contributed by atoms with Crippen molar-refractivity contribution in [3.63, 3.8) is 0 Å². The normalized spacial score (nSPS) is 8.10. The fraction of sp³-hybridized carbons (Fsp3) is 0. The third-order valence-electron chi connectivity index (χ3n) is 0.692. The summed E-state index contributed by atoms with van der Waals surface area (Å²) in [4.78, 5) is 9.69. The quantitative estimate of drug-likeness (QED) is 0.771. The number of nitrogens with one attached hydrogen (secondary N) is 1. The molecule has 0 radical (unpaired) electrons. The summed E-state index contributed by atoms with van der Waals surface area (Å²) in [5.41, 5.74) is 0. The van der Waals surface area contributed by atoms with E-state index in [1.54, 1.807) is 6.07 Å². The number of hydrogen-bond acceptors (Lipinski definition) is 3. The van der Waals surface area contributed by atoms with E-state index in [2.05, 4.69) is 30.9 Å². The largest absolute Gasteiger partial charge is 0.408 e. The van der Waals surface area contributed by atoms with Crippen LogP contribution in [0, 0.1) is 0 Å². The second-order valence-corrected chi connectivity index (χ2v) is 2.12. The van der Waals surface area contributed by atoms with Crippen molar-refractivity contribution in [1.29, 1.82) is 0 Å². The maximum atomic E-state index is 9.69. The lowest BCUT2D eigenvalue weighted by molar-refractivity contribution is -0.120. The van der Waals surface area contributed by atoms with Gasteiger partial charge in [-0.05, 0) is 15.9 Å². The molecule has 1 heterocycles. The highest BCUT2D eigenvalue weighted by molar-refractivity contribution is 9.10. The van der Waals surface area contributed by atoms with Gasteiger partial charge in [0.15, 0.2) is 0 Å². The van der Waals surface area contributed by atoms with Crippen molar-refractivity contribution in [2.45, 2.75) is 0 Å². The van der Waals surface area contributed by atoms with Crippen LogP contribution in [0.15, 0.2) is 10.7 Å². The molecule has 0 aliphatic carbocycles. The van der Waals surface area contributed by atoms with Gasteiger partial charge in [0.25, 0.3) is 6.47 Å². The van der Waals surface area contributed by atoms with E-state index in [1.807, 2.05) is 0 Å². The van der Waals surface area contributed by atoms with Crippen LogP contribution in [-0.2, 0) is 4.79 Å². The molecule has 0 saturated heterocycles. The fourth-order valence-corrected chi connectivity index (χ4v) is 0.676. The summed E-state index contributed by atoms with van der Waals surface area (Å²) in [6, 6.07) is 1.55. The molecule has 0 bridgehead atoms. The van der Waals surface area contributed by atoms with Crippen LogP contribution in [0.25, 0.3) is 0 Å². The van der Waals surface area contributed by atoms with Crippen molar-refractivity contribution >= 4 is 34.8 Å². The van der Waals surface area contributed by atoms with Crippen LogP contribution in [0.2, 0.25) is 0 Å². The van der Waals surface area contributed by atoms with Crippen molar-refractivity contribution in [3.05, 3.63) is 10.7 Å². The number of ether oxygens (including phenoxy) is 1. The minimum Gasteiger partial charge on any atom is -0.408 e. The van der Waals surface area contributed by atoms with Gasteiger partial charge < -0.3 is 4.74 Å². The average Bonchev–Trinajstić information content (AvgIpc) is 2.17. The van der Waals surface area contributed by atoms with Gasteiger partial charge in [0.2, 0.25) is 5.88 Å². The number of carbonyl (C=O) groups is 1. The number of aromatic amines is 1. The van der Waals surface area contributed by atoms with E-state index in [4.69, 9.17) is 0 Å². The smallest absolute Gasteiger partial charge is 0.299 e. The monoisotopic (exact) mass is 226 g/mol. The fourth-order valence-electron chi connectivity index (χ4n) is 0.391. The molecule has 4 nitrogen and oxygen atoms in total. The summed E-state index contributed by atoms with van der Waals surface area (Å²) in [5, 5.41) is 6.12. The van der Waals surface area contributed by atoms with Crippen LogP contribution in [0.1, 0.15) is 0 Å². The van der Waals surface area contributed by atoms with Gasteiger partial charge in [-0.2, -0.15) is 0 Å². The predicted molar refractivity (Wildman–Crippen MR) is 40.2 cm³/mol. The summed E-state index contributed by atoms with van der Waals surface area (Å²) in [7, 11) is 0. The van der Waals surface area contributed by atoms with Crippen molar-refractivity contribution < 1.29 is 9.53 Å². The molecule has 0 aliphatic rings. The average molecular weight is 227 g/mol. The molecule has 1 N–H and O–H groups in total. The van der Waals surface area contributed by atoms with Gasteiger partial charge in [-0.15, -0.1) is 17.5 Å². The Morgan fingerprint density at radius 3 is 2.90 bits per heavy atom. The van der Waals surface area contributed by atoms with Gasteiger partial charge in [-0.3, -0.25) is 9.89 Å².